The van der Waals surface area contributed by atoms with Crippen LogP contribution in [0.3, 0.4) is 0 Å². The van der Waals surface area contributed by atoms with Gasteiger partial charge in [-0.15, -0.1) is 0 Å². The highest BCUT2D eigenvalue weighted by molar-refractivity contribution is 6.35. The molecule has 0 fully saturated rings. The number of H-pyrrole nitrogens is 1. The number of anilines is 1. The number of pyridine rings is 1. The first-order valence-electron chi connectivity index (χ1n) is 7.77. The number of aromatic nitrogens is 2. The molecule has 0 aliphatic heterocycles. The molecule has 4 rings (SSSR count). The van der Waals surface area contributed by atoms with Crippen LogP contribution in [0.1, 0.15) is 10.4 Å². The number of carbonyl (C=O) groups excluding carboxylic acids is 1. The number of aromatic amines is 1. The van der Waals surface area contributed by atoms with E-state index in [1.807, 2.05) is 6.07 Å². The Labute approximate surface area is 152 Å². The van der Waals surface area contributed by atoms with Crippen molar-refractivity contribution in [1.29, 1.82) is 0 Å². The lowest BCUT2D eigenvalue weighted by Gasteiger charge is -2.13. The van der Waals surface area contributed by atoms with Crippen molar-refractivity contribution in [3.05, 3.63) is 65.2 Å². The van der Waals surface area contributed by atoms with Gasteiger partial charge in [0.2, 0.25) is 0 Å². The van der Waals surface area contributed by atoms with Crippen LogP contribution >= 0.6 is 11.6 Å². The number of hydrogen-bond acceptors (Lipinski definition) is 3. The van der Waals surface area contributed by atoms with E-state index in [0.29, 0.717) is 27.5 Å². The lowest BCUT2D eigenvalue weighted by Crippen LogP contribution is -2.13. The maximum Gasteiger partial charge on any atom is 0.255 e. The summed E-state index contributed by atoms with van der Waals surface area (Å²) in [5.74, 6) is -0.467. The largest absolute Gasteiger partial charge is 0.493 e. The first kappa shape index (κ1) is 16.4. The SMILES string of the molecule is COc1c(Cl)cc2c([nH]c3cnccc32)c1NC(=O)c1ccc(F)cc1. The Kier molecular flexibility index (Phi) is 3.97. The van der Waals surface area contributed by atoms with E-state index in [9.17, 15) is 9.18 Å². The van der Waals surface area contributed by atoms with Crippen LogP contribution in [0.5, 0.6) is 5.75 Å². The van der Waals surface area contributed by atoms with E-state index >= 15 is 0 Å². The van der Waals surface area contributed by atoms with Crippen LogP contribution in [0.2, 0.25) is 5.02 Å². The number of nitrogens with zero attached hydrogens (tertiary/aromatic N) is 1. The molecule has 4 aromatic rings. The van der Waals surface area contributed by atoms with Gasteiger partial charge >= 0.3 is 0 Å². The number of amides is 1. The zero-order chi connectivity index (χ0) is 18.3. The Balaban J connectivity index is 1.89. The maximum absolute atomic E-state index is 13.1. The number of carbonyl (C=O) groups is 1. The van der Waals surface area contributed by atoms with Crippen LogP contribution in [0.25, 0.3) is 21.8 Å². The molecule has 2 N–H and O–H groups in total. The Hall–Kier alpha value is -3.12. The van der Waals surface area contributed by atoms with E-state index in [4.69, 9.17) is 16.3 Å². The molecule has 2 aromatic carbocycles. The van der Waals surface area contributed by atoms with E-state index in [1.165, 1.54) is 31.4 Å². The van der Waals surface area contributed by atoms with E-state index < -0.39 is 11.7 Å². The van der Waals surface area contributed by atoms with Gasteiger partial charge in [-0.05, 0) is 36.4 Å². The van der Waals surface area contributed by atoms with Gasteiger partial charge in [-0.2, -0.15) is 0 Å². The third kappa shape index (κ3) is 2.64. The van der Waals surface area contributed by atoms with Gasteiger partial charge in [0.25, 0.3) is 5.91 Å². The third-order valence-electron chi connectivity index (χ3n) is 4.15. The molecule has 7 heteroatoms. The van der Waals surface area contributed by atoms with Crippen LogP contribution in [0.4, 0.5) is 10.1 Å². The summed E-state index contributed by atoms with van der Waals surface area (Å²) < 4.78 is 18.5. The molecule has 2 aromatic heterocycles. The normalized spacial score (nSPS) is 11.0. The van der Waals surface area contributed by atoms with E-state index in [-0.39, 0.29) is 0 Å². The second-order valence-electron chi connectivity index (χ2n) is 5.70. The fourth-order valence-corrected chi connectivity index (χ4v) is 3.22. The molecule has 130 valence electrons. The Morgan fingerprint density at radius 2 is 2.00 bits per heavy atom. The molecule has 26 heavy (non-hydrogen) atoms. The molecule has 0 unspecified atom stereocenters. The molecule has 0 atom stereocenters. The summed E-state index contributed by atoms with van der Waals surface area (Å²) in [4.78, 5) is 19.9. The number of nitrogens with one attached hydrogen (secondary N) is 2. The molecule has 0 spiro atoms. The minimum absolute atomic E-state index is 0.319. The van der Waals surface area contributed by atoms with Crippen molar-refractivity contribution in [3.63, 3.8) is 0 Å². The number of rotatable bonds is 3. The molecule has 0 aliphatic carbocycles. The van der Waals surface area contributed by atoms with Crippen LogP contribution in [0.15, 0.2) is 48.8 Å². The standard InChI is InChI=1S/C19H13ClFN3O2/c1-26-18-14(20)8-13-12-6-7-22-9-15(12)23-16(13)17(18)24-19(25)10-2-4-11(21)5-3-10/h2-9,23H,1H3,(H,24,25). The number of fused-ring (bicyclic) bond motifs is 3. The number of ether oxygens (including phenoxy) is 1. The first-order valence-corrected chi connectivity index (χ1v) is 8.15. The van der Waals surface area contributed by atoms with Crippen molar-refractivity contribution < 1.29 is 13.9 Å². The van der Waals surface area contributed by atoms with Gasteiger partial charge in [0.15, 0.2) is 5.75 Å². The number of benzene rings is 2. The van der Waals surface area contributed by atoms with Gasteiger partial charge in [0.1, 0.15) is 11.5 Å². The Morgan fingerprint density at radius 1 is 1.23 bits per heavy atom. The molecule has 0 bridgehead atoms. The summed E-state index contributed by atoms with van der Waals surface area (Å²) in [5, 5.41) is 4.95. The highest BCUT2D eigenvalue weighted by Crippen LogP contribution is 2.42. The van der Waals surface area contributed by atoms with Gasteiger partial charge in [-0.25, -0.2) is 4.39 Å². The first-order chi connectivity index (χ1) is 12.6. The van der Waals surface area contributed by atoms with Crippen molar-refractivity contribution >= 4 is 45.0 Å². The maximum atomic E-state index is 13.1. The minimum atomic E-state index is -0.410. The van der Waals surface area contributed by atoms with Crippen molar-refractivity contribution in [1.82, 2.24) is 9.97 Å². The molecule has 0 saturated carbocycles. The van der Waals surface area contributed by atoms with Crippen LogP contribution in [-0.2, 0) is 0 Å². The molecular formula is C19H13ClFN3O2. The second-order valence-corrected chi connectivity index (χ2v) is 6.10. The van der Waals surface area contributed by atoms with Gasteiger partial charge < -0.3 is 15.0 Å². The predicted molar refractivity (Wildman–Crippen MR) is 99.5 cm³/mol. The predicted octanol–water partition coefficient (Wildman–Crippen LogP) is 4.77. The van der Waals surface area contributed by atoms with Gasteiger partial charge in [0, 0.05) is 22.5 Å². The average molecular weight is 370 g/mol. The Morgan fingerprint density at radius 3 is 2.73 bits per heavy atom. The molecule has 5 nitrogen and oxygen atoms in total. The number of methoxy groups -OCH3 is 1. The second kappa shape index (κ2) is 6.31. The lowest BCUT2D eigenvalue weighted by molar-refractivity contribution is 0.102. The fourth-order valence-electron chi connectivity index (χ4n) is 2.94. The van der Waals surface area contributed by atoms with E-state index in [1.54, 1.807) is 18.5 Å². The molecular weight excluding hydrogens is 357 g/mol. The molecule has 0 aliphatic rings. The van der Waals surface area contributed by atoms with Gasteiger partial charge in [0.05, 0.1) is 29.4 Å². The molecule has 2 heterocycles. The quantitative estimate of drug-likeness (QED) is 0.546. The summed E-state index contributed by atoms with van der Waals surface area (Å²) in [7, 11) is 1.48. The molecule has 0 radical (unpaired) electrons. The third-order valence-corrected chi connectivity index (χ3v) is 4.44. The zero-order valence-corrected chi connectivity index (χ0v) is 14.4. The van der Waals surface area contributed by atoms with Gasteiger partial charge in [-0.1, -0.05) is 11.6 Å². The van der Waals surface area contributed by atoms with Crippen molar-refractivity contribution in [2.45, 2.75) is 0 Å². The topological polar surface area (TPSA) is 67.0 Å². The van der Waals surface area contributed by atoms with Crippen LogP contribution < -0.4 is 10.1 Å². The number of halogens is 2. The molecule has 0 saturated heterocycles. The van der Waals surface area contributed by atoms with Crippen LogP contribution in [0, 0.1) is 5.82 Å². The zero-order valence-electron chi connectivity index (χ0n) is 13.6. The van der Waals surface area contributed by atoms with Crippen molar-refractivity contribution in [2.75, 3.05) is 12.4 Å². The monoisotopic (exact) mass is 369 g/mol. The Bertz CT molecular complexity index is 1140. The smallest absolute Gasteiger partial charge is 0.255 e. The van der Waals surface area contributed by atoms with E-state index in [0.717, 1.165) is 16.3 Å². The summed E-state index contributed by atoms with van der Waals surface area (Å²) in [6, 6.07) is 8.93. The highest BCUT2D eigenvalue weighted by Gasteiger charge is 2.19. The molecule has 1 amide bonds. The minimum Gasteiger partial charge on any atom is -0.493 e. The fraction of sp³-hybridized carbons (Fsp3) is 0.0526. The summed E-state index contributed by atoms with van der Waals surface area (Å²) in [6.07, 6.45) is 3.38. The van der Waals surface area contributed by atoms with E-state index in [2.05, 4.69) is 15.3 Å². The van der Waals surface area contributed by atoms with Crippen molar-refractivity contribution in [3.8, 4) is 5.75 Å². The van der Waals surface area contributed by atoms with Crippen LogP contribution in [-0.4, -0.2) is 23.0 Å². The number of hydrogen-bond donors (Lipinski definition) is 2. The summed E-state index contributed by atoms with van der Waals surface area (Å²) >= 11 is 6.36. The highest BCUT2D eigenvalue weighted by atomic mass is 35.5. The van der Waals surface area contributed by atoms with Gasteiger partial charge in [-0.3, -0.25) is 9.78 Å². The lowest BCUT2D eigenvalue weighted by atomic mass is 10.1. The average Bonchev–Trinajstić information content (AvgIpc) is 3.01. The summed E-state index contributed by atoms with van der Waals surface area (Å²) in [5.41, 5.74) is 2.22. The van der Waals surface area contributed by atoms with Crippen molar-refractivity contribution in [2.24, 2.45) is 0 Å². The summed E-state index contributed by atoms with van der Waals surface area (Å²) in [6.45, 7) is 0.